The first-order valence-electron chi connectivity index (χ1n) is 8.40. The second-order valence-corrected chi connectivity index (χ2v) is 6.78. The molecule has 0 radical (unpaired) electrons. The minimum atomic E-state index is 0.505. The van der Waals surface area contributed by atoms with Gasteiger partial charge < -0.3 is 4.57 Å². The van der Waals surface area contributed by atoms with Crippen LogP contribution in [0.3, 0.4) is 0 Å². The number of aromatic nitrogens is 6. The summed E-state index contributed by atoms with van der Waals surface area (Å²) < 4.78 is 4.12. The molecule has 1 saturated carbocycles. The van der Waals surface area contributed by atoms with Crippen LogP contribution in [0.25, 0.3) is 0 Å². The van der Waals surface area contributed by atoms with Gasteiger partial charge >= 0.3 is 0 Å². The van der Waals surface area contributed by atoms with E-state index in [0.717, 1.165) is 44.4 Å². The second-order valence-electron chi connectivity index (χ2n) is 6.78. The van der Waals surface area contributed by atoms with Crippen LogP contribution >= 0.6 is 0 Å². The molecule has 0 bridgehead atoms. The van der Waals surface area contributed by atoms with E-state index < -0.39 is 0 Å². The molecular formula is C15H24N8. The van der Waals surface area contributed by atoms with Crippen LogP contribution in [0.15, 0.2) is 12.4 Å². The van der Waals surface area contributed by atoms with Crippen molar-refractivity contribution in [2.75, 3.05) is 19.6 Å². The molecule has 2 aromatic heterocycles. The highest BCUT2D eigenvalue weighted by Gasteiger charge is 2.30. The summed E-state index contributed by atoms with van der Waals surface area (Å²) in [5, 5.41) is 12.2. The van der Waals surface area contributed by atoms with E-state index in [-0.39, 0.29) is 0 Å². The highest BCUT2D eigenvalue weighted by atomic mass is 15.6. The summed E-state index contributed by atoms with van der Waals surface area (Å²) in [6.07, 6.45) is 6.31. The first kappa shape index (κ1) is 14.8. The minimum Gasteiger partial charge on any atom is -0.337 e. The summed E-state index contributed by atoms with van der Waals surface area (Å²) in [4.78, 5) is 9.41. The molecule has 2 fully saturated rings. The van der Waals surface area contributed by atoms with Gasteiger partial charge in [-0.3, -0.25) is 9.80 Å². The van der Waals surface area contributed by atoms with E-state index in [2.05, 4.69) is 48.8 Å². The number of piperazine rings is 1. The van der Waals surface area contributed by atoms with E-state index in [1.165, 1.54) is 12.8 Å². The normalized spacial score (nSPS) is 23.5. The van der Waals surface area contributed by atoms with Crippen molar-refractivity contribution >= 4 is 0 Å². The lowest BCUT2D eigenvalue weighted by Gasteiger charge is -2.39. The number of imidazole rings is 1. The predicted molar refractivity (Wildman–Crippen MR) is 84.4 cm³/mol. The van der Waals surface area contributed by atoms with Crippen LogP contribution in [0, 0.1) is 0 Å². The lowest BCUT2D eigenvalue weighted by atomic mass is 10.2. The number of rotatable bonds is 5. The van der Waals surface area contributed by atoms with E-state index in [1.54, 1.807) is 0 Å². The van der Waals surface area contributed by atoms with E-state index in [1.807, 2.05) is 17.1 Å². The third-order valence-corrected chi connectivity index (χ3v) is 4.93. The van der Waals surface area contributed by atoms with Gasteiger partial charge in [0.2, 0.25) is 0 Å². The molecule has 1 aliphatic heterocycles. The van der Waals surface area contributed by atoms with Gasteiger partial charge in [-0.2, -0.15) is 0 Å². The molecule has 1 atom stereocenters. The van der Waals surface area contributed by atoms with Crippen molar-refractivity contribution in [1.82, 2.24) is 39.6 Å². The molecule has 23 heavy (non-hydrogen) atoms. The predicted octanol–water partition coefficient (Wildman–Crippen LogP) is 0.448. The molecule has 0 aromatic carbocycles. The molecule has 124 valence electrons. The fraction of sp³-hybridized carbons (Fsp3) is 0.733. The molecule has 2 aliphatic rings. The van der Waals surface area contributed by atoms with Gasteiger partial charge in [0, 0.05) is 45.1 Å². The van der Waals surface area contributed by atoms with E-state index in [4.69, 9.17) is 0 Å². The van der Waals surface area contributed by atoms with Gasteiger partial charge in [-0.15, -0.1) is 5.10 Å². The van der Waals surface area contributed by atoms with Crippen molar-refractivity contribution in [2.24, 2.45) is 7.05 Å². The van der Waals surface area contributed by atoms with Crippen LogP contribution in [0.5, 0.6) is 0 Å². The van der Waals surface area contributed by atoms with Crippen molar-refractivity contribution in [1.29, 1.82) is 0 Å². The molecule has 8 heteroatoms. The zero-order valence-electron chi connectivity index (χ0n) is 13.8. The van der Waals surface area contributed by atoms with Crippen molar-refractivity contribution in [3.8, 4) is 0 Å². The molecule has 8 nitrogen and oxygen atoms in total. The number of hydrogen-bond acceptors (Lipinski definition) is 6. The summed E-state index contributed by atoms with van der Waals surface area (Å²) in [6, 6.07) is 1.05. The van der Waals surface area contributed by atoms with Crippen LogP contribution in [-0.4, -0.2) is 65.2 Å². The van der Waals surface area contributed by atoms with E-state index in [9.17, 15) is 0 Å². The quantitative estimate of drug-likeness (QED) is 0.798. The van der Waals surface area contributed by atoms with Crippen molar-refractivity contribution in [2.45, 2.75) is 44.9 Å². The van der Waals surface area contributed by atoms with Gasteiger partial charge in [0.15, 0.2) is 5.82 Å². The van der Waals surface area contributed by atoms with Crippen molar-refractivity contribution in [3.63, 3.8) is 0 Å². The van der Waals surface area contributed by atoms with Crippen molar-refractivity contribution < 1.29 is 0 Å². The molecule has 0 amide bonds. The van der Waals surface area contributed by atoms with Crippen LogP contribution < -0.4 is 0 Å². The van der Waals surface area contributed by atoms with Crippen LogP contribution in [0.2, 0.25) is 0 Å². The van der Waals surface area contributed by atoms with Gasteiger partial charge in [0.1, 0.15) is 5.82 Å². The molecule has 0 N–H and O–H groups in total. The number of nitrogens with zero attached hydrogens (tertiary/aromatic N) is 8. The Morgan fingerprint density at radius 1 is 1.17 bits per heavy atom. The summed E-state index contributed by atoms with van der Waals surface area (Å²) >= 11 is 0. The Balaban J connectivity index is 1.35. The zero-order valence-corrected chi connectivity index (χ0v) is 13.8. The molecule has 1 unspecified atom stereocenters. The van der Waals surface area contributed by atoms with Gasteiger partial charge in [0.25, 0.3) is 0 Å². The third-order valence-electron chi connectivity index (χ3n) is 4.93. The molecule has 2 aromatic rings. The fourth-order valence-corrected chi connectivity index (χ4v) is 3.30. The topological polar surface area (TPSA) is 67.9 Å². The first-order chi connectivity index (χ1) is 11.2. The van der Waals surface area contributed by atoms with Crippen molar-refractivity contribution in [3.05, 3.63) is 24.0 Å². The SMILES string of the molecule is CC1CN(Cc2nnnn2C2CC2)CCN1Cc1nccn1C. The maximum atomic E-state index is 4.44. The van der Waals surface area contributed by atoms with Crippen LogP contribution in [0.4, 0.5) is 0 Å². The minimum absolute atomic E-state index is 0.505. The lowest BCUT2D eigenvalue weighted by Crippen LogP contribution is -2.51. The standard InChI is InChI=1S/C15H24N8/c1-12-9-21(10-15-17-18-19-23(15)13-3-4-13)7-8-22(12)11-14-16-5-6-20(14)2/h5-6,12-13H,3-4,7-11H2,1-2H3. The molecule has 4 rings (SSSR count). The highest BCUT2D eigenvalue weighted by molar-refractivity contribution is 4.95. The average molecular weight is 316 g/mol. The highest BCUT2D eigenvalue weighted by Crippen LogP contribution is 2.34. The fourth-order valence-electron chi connectivity index (χ4n) is 3.30. The maximum Gasteiger partial charge on any atom is 0.165 e. The van der Waals surface area contributed by atoms with Gasteiger partial charge in [0.05, 0.1) is 19.1 Å². The largest absolute Gasteiger partial charge is 0.337 e. The smallest absolute Gasteiger partial charge is 0.165 e. The molecule has 0 spiro atoms. The Morgan fingerprint density at radius 2 is 2.04 bits per heavy atom. The van der Waals surface area contributed by atoms with Gasteiger partial charge in [-0.25, -0.2) is 9.67 Å². The number of hydrogen-bond donors (Lipinski definition) is 0. The second kappa shape index (κ2) is 6.01. The average Bonchev–Trinajstić information content (AvgIpc) is 3.15. The number of tetrazole rings is 1. The number of aryl methyl sites for hydroxylation is 1. The summed E-state index contributed by atoms with van der Waals surface area (Å²) in [7, 11) is 2.06. The molecular weight excluding hydrogens is 292 g/mol. The monoisotopic (exact) mass is 316 g/mol. The van der Waals surface area contributed by atoms with Crippen LogP contribution in [-0.2, 0) is 20.1 Å². The first-order valence-corrected chi connectivity index (χ1v) is 8.40. The van der Waals surface area contributed by atoms with Gasteiger partial charge in [-0.1, -0.05) is 0 Å². The summed E-state index contributed by atoms with van der Waals surface area (Å²) in [5.74, 6) is 2.14. The molecule has 3 heterocycles. The third kappa shape index (κ3) is 3.13. The Hall–Kier alpha value is -1.80. The lowest BCUT2D eigenvalue weighted by molar-refractivity contribution is 0.0683. The van der Waals surface area contributed by atoms with E-state index >= 15 is 0 Å². The van der Waals surface area contributed by atoms with Gasteiger partial charge in [-0.05, 0) is 30.2 Å². The van der Waals surface area contributed by atoms with E-state index in [0.29, 0.717) is 12.1 Å². The van der Waals surface area contributed by atoms with Crippen LogP contribution in [0.1, 0.15) is 37.5 Å². The zero-order chi connectivity index (χ0) is 15.8. The maximum absolute atomic E-state index is 4.44. The molecule has 1 aliphatic carbocycles. The molecule has 1 saturated heterocycles. The Bertz CT molecular complexity index is 658. The Labute approximate surface area is 136 Å². The Kier molecular flexibility index (Phi) is 3.86. The summed E-state index contributed by atoms with van der Waals surface area (Å²) in [5.41, 5.74) is 0. The Morgan fingerprint density at radius 3 is 2.74 bits per heavy atom. The summed E-state index contributed by atoms with van der Waals surface area (Å²) in [6.45, 7) is 7.20.